The third-order valence-electron chi connectivity index (χ3n) is 3.55. The fourth-order valence-corrected chi connectivity index (χ4v) is 3.03. The van der Waals surface area contributed by atoms with E-state index in [0.717, 1.165) is 0 Å². The molecule has 0 atom stereocenters. The molecule has 154 valence electrons. The van der Waals surface area contributed by atoms with E-state index in [-0.39, 0.29) is 6.54 Å². The first-order chi connectivity index (χ1) is 13.3. The monoisotopic (exact) mass is 456 g/mol. The molecule has 5 nitrogen and oxygen atoms in total. The number of ketones is 1. The van der Waals surface area contributed by atoms with Crippen molar-refractivity contribution >= 4 is 34.8 Å². The Balaban J connectivity index is 2.85. The molecule has 0 fully saturated rings. The Morgan fingerprint density at radius 1 is 1.31 bits per heavy atom. The molecule has 2 rings (SSSR count). The van der Waals surface area contributed by atoms with Gasteiger partial charge in [0.2, 0.25) is 0 Å². The molecule has 0 aliphatic rings. The number of hydrogen-bond donors (Lipinski definition) is 2. The maximum atomic E-state index is 13.1. The van der Waals surface area contributed by atoms with E-state index < -0.39 is 61.9 Å². The molecule has 13 heteroatoms. The first kappa shape index (κ1) is 22.6. The Bertz CT molecular complexity index is 1020. The molecule has 0 saturated heterocycles. The molecule has 1 heterocycles. The van der Waals surface area contributed by atoms with E-state index in [4.69, 9.17) is 28.5 Å². The van der Waals surface area contributed by atoms with Crippen molar-refractivity contribution in [1.82, 2.24) is 10.2 Å². The fourth-order valence-electron chi connectivity index (χ4n) is 2.36. The topological polar surface area (TPSA) is 81.6 Å². The normalized spacial score (nSPS) is 11.8. The van der Waals surface area contributed by atoms with Gasteiger partial charge in [-0.15, -0.1) is 6.58 Å². The molecule has 0 saturated carbocycles. The summed E-state index contributed by atoms with van der Waals surface area (Å²) in [5, 5.41) is 15.6. The Hall–Kier alpha value is -2.71. The van der Waals surface area contributed by atoms with E-state index in [2.05, 4.69) is 22.1 Å². The molecule has 0 aliphatic carbocycles. The zero-order chi connectivity index (χ0) is 22.1. The summed E-state index contributed by atoms with van der Waals surface area (Å²) in [4.78, 5) is 11.9. The van der Waals surface area contributed by atoms with Crippen LogP contribution < -0.4 is 5.32 Å². The van der Waals surface area contributed by atoms with E-state index in [1.165, 1.54) is 12.1 Å². The third-order valence-corrected chi connectivity index (χ3v) is 4.22. The van der Waals surface area contributed by atoms with Gasteiger partial charge in [-0.05, 0) is 6.07 Å². The summed E-state index contributed by atoms with van der Waals surface area (Å²) in [7, 11) is 0. The SMILES string of the molecule is C=CCNc1[nH]nc(-c2c(Cl)cc(C(F)(F)F)c(C#N)c2Cl)c1C(=O)C(F)(F)F. The van der Waals surface area contributed by atoms with Crippen molar-refractivity contribution in [3.63, 3.8) is 0 Å². The van der Waals surface area contributed by atoms with Gasteiger partial charge < -0.3 is 5.32 Å². The third kappa shape index (κ3) is 4.33. The summed E-state index contributed by atoms with van der Waals surface area (Å²) in [6, 6.07) is 1.57. The van der Waals surface area contributed by atoms with E-state index >= 15 is 0 Å². The molecular weight excluding hydrogens is 449 g/mol. The second kappa shape index (κ2) is 7.96. The lowest BCUT2D eigenvalue weighted by molar-refractivity contribution is -0.137. The highest BCUT2D eigenvalue weighted by Crippen LogP contribution is 2.45. The van der Waals surface area contributed by atoms with Crippen LogP contribution in [0.15, 0.2) is 18.7 Å². The average molecular weight is 457 g/mol. The number of Topliss-reactive ketones (excluding diaryl/α,β-unsaturated/α-hetero) is 1. The van der Waals surface area contributed by atoms with Gasteiger partial charge in [-0.3, -0.25) is 9.89 Å². The van der Waals surface area contributed by atoms with Crippen molar-refractivity contribution in [3.05, 3.63) is 45.5 Å². The number of nitriles is 1. The van der Waals surface area contributed by atoms with Gasteiger partial charge in [0, 0.05) is 12.1 Å². The number of aromatic nitrogens is 2. The number of benzene rings is 1. The van der Waals surface area contributed by atoms with Crippen molar-refractivity contribution in [1.29, 1.82) is 5.26 Å². The molecule has 0 radical (unpaired) electrons. The molecule has 0 amide bonds. The van der Waals surface area contributed by atoms with E-state index in [0.29, 0.717) is 6.07 Å². The Labute approximate surface area is 168 Å². The van der Waals surface area contributed by atoms with Gasteiger partial charge in [-0.25, -0.2) is 0 Å². The first-order valence-corrected chi connectivity index (χ1v) is 8.14. The quantitative estimate of drug-likeness (QED) is 0.347. The highest BCUT2D eigenvalue weighted by atomic mass is 35.5. The molecule has 0 unspecified atom stereocenters. The van der Waals surface area contributed by atoms with Gasteiger partial charge in [0.05, 0.1) is 26.7 Å². The molecule has 2 N–H and O–H groups in total. The number of alkyl halides is 6. The minimum Gasteiger partial charge on any atom is -0.366 e. The van der Waals surface area contributed by atoms with Gasteiger partial charge in [0.1, 0.15) is 17.6 Å². The molecule has 0 aliphatic heterocycles. The highest BCUT2D eigenvalue weighted by molar-refractivity contribution is 6.40. The number of nitrogens with zero attached hydrogens (tertiary/aromatic N) is 2. The second-order valence-electron chi connectivity index (χ2n) is 5.40. The van der Waals surface area contributed by atoms with Gasteiger partial charge >= 0.3 is 12.4 Å². The number of carbonyl (C=O) groups excluding carboxylic acids is 1. The number of hydrogen-bond acceptors (Lipinski definition) is 4. The standard InChI is InChI=1S/C16H8Cl2F6N4O/c1-2-3-26-14-10(13(29)16(22,23)24)12(27-28-14)9-8(17)4-7(15(19,20)21)6(5-25)11(9)18/h2,4H,1,3H2,(H2,26,27,28). The second-order valence-corrected chi connectivity index (χ2v) is 6.18. The zero-order valence-corrected chi connectivity index (χ0v) is 15.4. The highest BCUT2D eigenvalue weighted by Gasteiger charge is 2.44. The maximum Gasteiger partial charge on any atom is 0.455 e. The summed E-state index contributed by atoms with van der Waals surface area (Å²) in [5.41, 5.74) is -5.00. The van der Waals surface area contributed by atoms with Crippen LogP contribution in [0.2, 0.25) is 10.0 Å². The summed E-state index contributed by atoms with van der Waals surface area (Å²) in [6.45, 7) is 3.29. The van der Waals surface area contributed by atoms with E-state index in [9.17, 15) is 31.1 Å². The summed E-state index contributed by atoms with van der Waals surface area (Å²) in [6.07, 6.45) is -9.08. The van der Waals surface area contributed by atoms with Gasteiger partial charge in [0.25, 0.3) is 5.78 Å². The summed E-state index contributed by atoms with van der Waals surface area (Å²) >= 11 is 11.7. The number of anilines is 1. The van der Waals surface area contributed by atoms with Crippen molar-refractivity contribution in [2.75, 3.05) is 11.9 Å². The van der Waals surface area contributed by atoms with E-state index in [1.54, 1.807) is 0 Å². The smallest absolute Gasteiger partial charge is 0.366 e. The van der Waals surface area contributed by atoms with Crippen molar-refractivity contribution < 1.29 is 31.1 Å². The lowest BCUT2D eigenvalue weighted by atomic mass is 9.98. The van der Waals surface area contributed by atoms with Crippen molar-refractivity contribution in [3.8, 4) is 17.3 Å². The number of aromatic amines is 1. The lowest BCUT2D eigenvalue weighted by Crippen LogP contribution is -2.24. The van der Waals surface area contributed by atoms with Gasteiger partial charge in [-0.1, -0.05) is 29.3 Å². The number of halogens is 8. The van der Waals surface area contributed by atoms with Crippen LogP contribution in [0.1, 0.15) is 21.5 Å². The van der Waals surface area contributed by atoms with Crippen LogP contribution in [0, 0.1) is 11.3 Å². The molecule has 2 aromatic rings. The molecule has 0 bridgehead atoms. The van der Waals surface area contributed by atoms with E-state index in [1.807, 2.05) is 0 Å². The predicted octanol–water partition coefficient (Wildman–Crippen LogP) is 5.62. The number of H-pyrrole nitrogens is 1. The number of nitrogens with one attached hydrogen (secondary N) is 2. The van der Waals surface area contributed by atoms with Crippen LogP contribution in [-0.2, 0) is 6.18 Å². The largest absolute Gasteiger partial charge is 0.455 e. The molecule has 1 aromatic heterocycles. The molecule has 0 spiro atoms. The van der Waals surface area contributed by atoms with Crippen LogP contribution in [0.3, 0.4) is 0 Å². The van der Waals surface area contributed by atoms with Crippen molar-refractivity contribution in [2.45, 2.75) is 12.4 Å². The van der Waals surface area contributed by atoms with Gasteiger partial charge in [-0.2, -0.15) is 36.7 Å². The zero-order valence-electron chi connectivity index (χ0n) is 13.9. The Morgan fingerprint density at radius 2 is 1.93 bits per heavy atom. The predicted molar refractivity (Wildman–Crippen MR) is 92.8 cm³/mol. The summed E-state index contributed by atoms with van der Waals surface area (Å²) in [5.74, 6) is -2.83. The van der Waals surface area contributed by atoms with Crippen LogP contribution in [-0.4, -0.2) is 28.7 Å². The van der Waals surface area contributed by atoms with Gasteiger partial charge in [0.15, 0.2) is 0 Å². The minimum absolute atomic E-state index is 0.0717. The summed E-state index contributed by atoms with van der Waals surface area (Å²) < 4.78 is 78.6. The number of rotatable bonds is 5. The Morgan fingerprint density at radius 3 is 2.41 bits per heavy atom. The maximum absolute atomic E-state index is 13.1. The fraction of sp³-hybridized carbons (Fsp3) is 0.188. The van der Waals surface area contributed by atoms with Crippen molar-refractivity contribution in [2.24, 2.45) is 0 Å². The lowest BCUT2D eigenvalue weighted by Gasteiger charge is -2.15. The van der Waals surface area contributed by atoms with Crippen LogP contribution in [0.4, 0.5) is 32.2 Å². The Kier molecular flexibility index (Phi) is 6.20. The average Bonchev–Trinajstić information content (AvgIpc) is 3.00. The molecule has 29 heavy (non-hydrogen) atoms. The van der Waals surface area contributed by atoms with Crippen LogP contribution in [0.25, 0.3) is 11.3 Å². The van der Waals surface area contributed by atoms with Crippen LogP contribution >= 0.6 is 23.2 Å². The minimum atomic E-state index is -5.34. The van der Waals surface area contributed by atoms with Crippen LogP contribution in [0.5, 0.6) is 0 Å². The first-order valence-electron chi connectivity index (χ1n) is 7.38. The molecular formula is C16H8Cl2F6N4O. The number of carbonyl (C=O) groups is 1. The molecule has 1 aromatic carbocycles.